The molecule has 0 aliphatic carbocycles. The fraction of sp³-hybridized carbons (Fsp3) is 0.600. The van der Waals surface area contributed by atoms with Crippen LogP contribution >= 0.6 is 11.6 Å². The number of aryl methyl sites for hydroxylation is 1. The van der Waals surface area contributed by atoms with Gasteiger partial charge >= 0.3 is 0 Å². The molecule has 2 N–H and O–H groups in total. The molecule has 0 atom stereocenters. The maximum absolute atomic E-state index is 5.83. The monoisotopic (exact) mass is 243 g/mol. The standard InChI is InChI=1S/C10H14ClN3O2/c1-6-8(12)9(14-10(11)13-6)16-7-2-4-15-5-3-7/h7H,2-5,12H2,1H3. The van der Waals surface area contributed by atoms with E-state index in [2.05, 4.69) is 9.97 Å². The van der Waals surface area contributed by atoms with Crippen molar-refractivity contribution >= 4 is 17.3 Å². The van der Waals surface area contributed by atoms with E-state index in [9.17, 15) is 0 Å². The van der Waals surface area contributed by atoms with Crippen molar-refractivity contribution in [1.29, 1.82) is 0 Å². The van der Waals surface area contributed by atoms with Crippen molar-refractivity contribution in [3.05, 3.63) is 11.0 Å². The number of hydrogen-bond donors (Lipinski definition) is 1. The molecule has 0 bridgehead atoms. The fourth-order valence-corrected chi connectivity index (χ4v) is 1.77. The molecule has 1 fully saturated rings. The molecule has 0 amide bonds. The Labute approximate surface area is 98.9 Å². The Balaban J connectivity index is 2.13. The topological polar surface area (TPSA) is 70.3 Å². The molecule has 6 heteroatoms. The Bertz CT molecular complexity index is 381. The first kappa shape index (κ1) is 11.4. The van der Waals surface area contributed by atoms with Gasteiger partial charge in [-0.2, -0.15) is 4.98 Å². The van der Waals surface area contributed by atoms with Gasteiger partial charge in [-0.05, 0) is 18.5 Å². The highest BCUT2D eigenvalue weighted by molar-refractivity contribution is 6.28. The summed E-state index contributed by atoms with van der Waals surface area (Å²) in [5.41, 5.74) is 6.92. The lowest BCUT2D eigenvalue weighted by atomic mass is 10.1. The zero-order valence-corrected chi connectivity index (χ0v) is 9.83. The second-order valence-corrected chi connectivity index (χ2v) is 4.06. The molecule has 1 aliphatic heterocycles. The number of anilines is 1. The van der Waals surface area contributed by atoms with Crippen LogP contribution in [0.2, 0.25) is 5.28 Å². The Hall–Kier alpha value is -1.07. The van der Waals surface area contributed by atoms with Gasteiger partial charge in [0.2, 0.25) is 11.2 Å². The molecule has 1 aliphatic rings. The minimum atomic E-state index is 0.0985. The lowest BCUT2D eigenvalue weighted by molar-refractivity contribution is 0.0240. The predicted molar refractivity (Wildman–Crippen MR) is 60.7 cm³/mol. The first-order valence-electron chi connectivity index (χ1n) is 5.21. The van der Waals surface area contributed by atoms with Gasteiger partial charge in [-0.3, -0.25) is 0 Å². The van der Waals surface area contributed by atoms with Crippen molar-refractivity contribution in [2.75, 3.05) is 18.9 Å². The van der Waals surface area contributed by atoms with Crippen LogP contribution < -0.4 is 10.5 Å². The number of halogens is 1. The van der Waals surface area contributed by atoms with E-state index < -0.39 is 0 Å². The summed E-state index contributed by atoms with van der Waals surface area (Å²) < 4.78 is 11.0. The molecule has 0 radical (unpaired) electrons. The molecule has 2 heterocycles. The van der Waals surface area contributed by atoms with E-state index in [-0.39, 0.29) is 11.4 Å². The largest absolute Gasteiger partial charge is 0.473 e. The minimum absolute atomic E-state index is 0.0985. The molecule has 2 rings (SSSR count). The van der Waals surface area contributed by atoms with Gasteiger partial charge in [0.05, 0.1) is 18.9 Å². The first-order valence-corrected chi connectivity index (χ1v) is 5.58. The van der Waals surface area contributed by atoms with Gasteiger partial charge in [0, 0.05) is 12.8 Å². The number of nitrogen functional groups attached to an aromatic ring is 1. The van der Waals surface area contributed by atoms with Crippen LogP contribution in [0.4, 0.5) is 5.69 Å². The second kappa shape index (κ2) is 4.84. The van der Waals surface area contributed by atoms with Gasteiger partial charge in [-0.15, -0.1) is 0 Å². The first-order chi connectivity index (χ1) is 7.66. The summed E-state index contributed by atoms with van der Waals surface area (Å²) in [4.78, 5) is 7.95. The summed E-state index contributed by atoms with van der Waals surface area (Å²) in [7, 11) is 0. The summed E-state index contributed by atoms with van der Waals surface area (Å²) in [6, 6.07) is 0. The number of nitrogens with two attached hydrogens (primary N) is 1. The van der Waals surface area contributed by atoms with E-state index >= 15 is 0 Å². The average Bonchev–Trinajstić information content (AvgIpc) is 2.27. The Morgan fingerprint density at radius 2 is 2.06 bits per heavy atom. The molecule has 0 aromatic carbocycles. The third kappa shape index (κ3) is 2.54. The summed E-state index contributed by atoms with van der Waals surface area (Å²) in [5.74, 6) is 0.379. The number of nitrogens with zero attached hydrogens (tertiary/aromatic N) is 2. The zero-order chi connectivity index (χ0) is 11.5. The van der Waals surface area contributed by atoms with E-state index in [1.54, 1.807) is 6.92 Å². The highest BCUT2D eigenvalue weighted by Crippen LogP contribution is 2.25. The summed E-state index contributed by atoms with van der Waals surface area (Å²) in [5, 5.41) is 0.161. The molecule has 1 aromatic heterocycles. The fourth-order valence-electron chi connectivity index (χ4n) is 1.56. The second-order valence-electron chi connectivity index (χ2n) is 3.73. The van der Waals surface area contributed by atoms with Gasteiger partial charge in [0.25, 0.3) is 0 Å². The van der Waals surface area contributed by atoms with Crippen LogP contribution in [0.1, 0.15) is 18.5 Å². The van der Waals surface area contributed by atoms with Crippen molar-refractivity contribution in [3.63, 3.8) is 0 Å². The Morgan fingerprint density at radius 1 is 1.38 bits per heavy atom. The molecule has 0 spiro atoms. The quantitative estimate of drug-likeness (QED) is 0.799. The summed E-state index contributed by atoms with van der Waals surface area (Å²) >= 11 is 5.76. The molecule has 16 heavy (non-hydrogen) atoms. The molecular weight excluding hydrogens is 230 g/mol. The SMILES string of the molecule is Cc1nc(Cl)nc(OC2CCOCC2)c1N. The van der Waals surface area contributed by atoms with E-state index in [0.717, 1.165) is 12.8 Å². The molecule has 0 saturated carbocycles. The maximum Gasteiger partial charge on any atom is 0.242 e. The van der Waals surface area contributed by atoms with Crippen LogP contribution in [0.5, 0.6) is 5.88 Å². The minimum Gasteiger partial charge on any atom is -0.473 e. The third-order valence-electron chi connectivity index (χ3n) is 2.52. The summed E-state index contributed by atoms with van der Waals surface area (Å²) in [6.45, 7) is 3.20. The zero-order valence-electron chi connectivity index (χ0n) is 9.07. The summed E-state index contributed by atoms with van der Waals surface area (Å²) in [6.07, 6.45) is 1.79. The van der Waals surface area contributed by atoms with Gasteiger partial charge in [-0.25, -0.2) is 4.98 Å². The van der Waals surface area contributed by atoms with Crippen LogP contribution in [-0.2, 0) is 4.74 Å². The van der Waals surface area contributed by atoms with Crippen molar-refractivity contribution in [2.45, 2.75) is 25.9 Å². The molecular formula is C10H14ClN3O2. The highest BCUT2D eigenvalue weighted by Gasteiger charge is 2.18. The van der Waals surface area contributed by atoms with Crippen molar-refractivity contribution < 1.29 is 9.47 Å². The van der Waals surface area contributed by atoms with E-state index in [1.807, 2.05) is 0 Å². The van der Waals surface area contributed by atoms with Crippen LogP contribution in [0.15, 0.2) is 0 Å². The van der Waals surface area contributed by atoms with Crippen LogP contribution in [0.25, 0.3) is 0 Å². The van der Waals surface area contributed by atoms with Gasteiger partial charge < -0.3 is 15.2 Å². The highest BCUT2D eigenvalue weighted by atomic mass is 35.5. The van der Waals surface area contributed by atoms with Crippen LogP contribution in [0.3, 0.4) is 0 Å². The maximum atomic E-state index is 5.83. The number of aromatic nitrogens is 2. The normalized spacial score (nSPS) is 17.4. The van der Waals surface area contributed by atoms with Crippen molar-refractivity contribution in [2.24, 2.45) is 0 Å². The smallest absolute Gasteiger partial charge is 0.242 e. The number of rotatable bonds is 2. The number of hydrogen-bond acceptors (Lipinski definition) is 5. The van der Waals surface area contributed by atoms with Crippen molar-refractivity contribution in [1.82, 2.24) is 9.97 Å². The molecule has 88 valence electrons. The molecule has 1 saturated heterocycles. The van der Waals surface area contributed by atoms with E-state index in [0.29, 0.717) is 30.5 Å². The van der Waals surface area contributed by atoms with E-state index in [4.69, 9.17) is 26.8 Å². The van der Waals surface area contributed by atoms with E-state index in [1.165, 1.54) is 0 Å². The lowest BCUT2D eigenvalue weighted by Gasteiger charge is -2.23. The van der Waals surface area contributed by atoms with Gasteiger partial charge in [0.1, 0.15) is 11.8 Å². The Morgan fingerprint density at radius 3 is 2.75 bits per heavy atom. The van der Waals surface area contributed by atoms with Crippen LogP contribution in [-0.4, -0.2) is 29.3 Å². The average molecular weight is 244 g/mol. The molecule has 5 nitrogen and oxygen atoms in total. The van der Waals surface area contributed by atoms with Crippen molar-refractivity contribution in [3.8, 4) is 5.88 Å². The number of ether oxygens (including phenoxy) is 2. The lowest BCUT2D eigenvalue weighted by Crippen LogP contribution is -2.26. The molecule has 1 aromatic rings. The third-order valence-corrected chi connectivity index (χ3v) is 2.69. The van der Waals surface area contributed by atoms with Gasteiger partial charge in [-0.1, -0.05) is 0 Å². The molecule has 0 unspecified atom stereocenters. The Kier molecular flexibility index (Phi) is 3.46. The van der Waals surface area contributed by atoms with Gasteiger partial charge in [0.15, 0.2) is 0 Å². The van der Waals surface area contributed by atoms with Crippen LogP contribution in [0, 0.1) is 6.92 Å². The predicted octanol–water partition coefficient (Wildman–Crippen LogP) is 1.58.